The van der Waals surface area contributed by atoms with Gasteiger partial charge in [0.1, 0.15) is 36.3 Å². The molecule has 1 unspecified atom stereocenters. The molecule has 12 nitrogen and oxygen atoms in total. The number of amides is 1. The summed E-state index contributed by atoms with van der Waals surface area (Å²) in [4.78, 5) is 28.0. The van der Waals surface area contributed by atoms with Gasteiger partial charge in [-0.05, 0) is 81.7 Å². The van der Waals surface area contributed by atoms with Gasteiger partial charge in [0.05, 0.1) is 24.9 Å². The summed E-state index contributed by atoms with van der Waals surface area (Å²) < 4.78 is 13.3. The van der Waals surface area contributed by atoms with Crippen LogP contribution in [0.5, 0.6) is 11.5 Å². The summed E-state index contributed by atoms with van der Waals surface area (Å²) in [6, 6.07) is 12.8. The number of anilines is 2. The summed E-state index contributed by atoms with van der Waals surface area (Å²) in [5, 5.41) is 19.9. The normalized spacial score (nSPS) is 14.5. The van der Waals surface area contributed by atoms with E-state index in [9.17, 15) is 10.1 Å². The van der Waals surface area contributed by atoms with E-state index < -0.39 is 0 Å². The third-order valence-corrected chi connectivity index (χ3v) is 7.43. The molecule has 4 aromatic rings. The molecule has 0 aliphatic carbocycles. The fourth-order valence-electron chi connectivity index (χ4n) is 4.94. The molecule has 1 aliphatic heterocycles. The average Bonchev–Trinajstić information content (AvgIpc) is 3.54. The van der Waals surface area contributed by atoms with Crippen LogP contribution in [-0.4, -0.2) is 75.4 Å². The van der Waals surface area contributed by atoms with Crippen LogP contribution in [0.1, 0.15) is 35.7 Å². The number of nitrogens with zero attached hydrogens (tertiary/aromatic N) is 7. The van der Waals surface area contributed by atoms with E-state index in [2.05, 4.69) is 48.7 Å². The van der Waals surface area contributed by atoms with Crippen LogP contribution in [0, 0.1) is 17.2 Å². The lowest BCUT2D eigenvalue weighted by molar-refractivity contribution is 0.0938. The molecular weight excluding hydrogens is 546 g/mol. The smallest absolute Gasteiger partial charge is 0.251 e. The molecule has 1 amide bonds. The zero-order valence-corrected chi connectivity index (χ0v) is 24.5. The Labute approximate surface area is 250 Å². The highest BCUT2D eigenvalue weighted by atomic mass is 16.5. The molecule has 12 heteroatoms. The molecule has 1 atom stereocenters. The van der Waals surface area contributed by atoms with E-state index in [1.54, 1.807) is 54.8 Å². The third kappa shape index (κ3) is 7.64. The maximum atomic E-state index is 12.8. The Morgan fingerprint density at radius 1 is 1.12 bits per heavy atom. The van der Waals surface area contributed by atoms with Gasteiger partial charge in [-0.1, -0.05) is 6.07 Å². The number of ether oxygens (including phenoxy) is 2. The second-order valence-electron chi connectivity index (χ2n) is 10.7. The van der Waals surface area contributed by atoms with Crippen molar-refractivity contribution in [2.24, 2.45) is 5.92 Å². The van der Waals surface area contributed by atoms with Crippen LogP contribution in [0.15, 0.2) is 61.4 Å². The molecule has 222 valence electrons. The summed E-state index contributed by atoms with van der Waals surface area (Å²) in [5.41, 5.74) is 3.16. The topological polar surface area (TPSA) is 143 Å². The lowest BCUT2D eigenvalue weighted by Crippen LogP contribution is -2.36. The second-order valence-corrected chi connectivity index (χ2v) is 10.7. The SMILES string of the molecule is COc1cc(C(=O)NCC2CCN(C)CC2)ccc1Nc1ncc(-c2ccc(C#N)c(OC(C)Cn3cncn3)c2)cn1. The number of piperidine rings is 1. The minimum absolute atomic E-state index is 0.122. The molecular formula is C31H35N9O3. The van der Waals surface area contributed by atoms with Crippen LogP contribution in [0.4, 0.5) is 11.6 Å². The van der Waals surface area contributed by atoms with Crippen LogP contribution in [0.2, 0.25) is 0 Å². The molecule has 1 fully saturated rings. The van der Waals surface area contributed by atoms with Crippen molar-refractivity contribution in [3.63, 3.8) is 0 Å². The van der Waals surface area contributed by atoms with Gasteiger partial charge in [0, 0.05) is 30.1 Å². The zero-order chi connectivity index (χ0) is 30.2. The van der Waals surface area contributed by atoms with Gasteiger partial charge < -0.3 is 25.0 Å². The predicted molar refractivity (Wildman–Crippen MR) is 161 cm³/mol. The number of rotatable bonds is 11. The number of aromatic nitrogens is 5. The molecule has 0 saturated carbocycles. The highest BCUT2D eigenvalue weighted by Crippen LogP contribution is 2.30. The van der Waals surface area contributed by atoms with Crippen molar-refractivity contribution in [1.29, 1.82) is 5.26 Å². The average molecular weight is 582 g/mol. The number of carbonyl (C=O) groups is 1. The standard InChI is InChI=1S/C31H35N9O3/c1-21(18-40-20-33-19-37-40)43-28-12-23(4-5-25(28)14-32)26-16-35-31(36-17-26)38-27-7-6-24(13-29(27)42-3)30(41)34-15-22-8-10-39(2)11-9-22/h4-7,12-13,16-17,19-22H,8-11,15,18H2,1-3H3,(H,34,41)(H,35,36,38). The number of carbonyl (C=O) groups excluding carboxylic acids is 1. The van der Waals surface area contributed by atoms with Crippen molar-refractivity contribution in [2.75, 3.05) is 39.1 Å². The van der Waals surface area contributed by atoms with E-state index in [1.807, 2.05) is 19.1 Å². The van der Waals surface area contributed by atoms with E-state index in [0.29, 0.717) is 53.3 Å². The summed E-state index contributed by atoms with van der Waals surface area (Å²) >= 11 is 0. The Morgan fingerprint density at radius 3 is 2.60 bits per heavy atom. The molecule has 1 aliphatic rings. The molecule has 1 saturated heterocycles. The quantitative estimate of drug-likeness (QED) is 0.268. The third-order valence-electron chi connectivity index (χ3n) is 7.43. The van der Waals surface area contributed by atoms with Gasteiger partial charge >= 0.3 is 0 Å². The van der Waals surface area contributed by atoms with E-state index >= 15 is 0 Å². The lowest BCUT2D eigenvalue weighted by Gasteiger charge is -2.28. The van der Waals surface area contributed by atoms with E-state index in [0.717, 1.165) is 37.1 Å². The first-order valence-corrected chi connectivity index (χ1v) is 14.2. The monoisotopic (exact) mass is 581 g/mol. The minimum atomic E-state index is -0.238. The van der Waals surface area contributed by atoms with Crippen LogP contribution >= 0.6 is 0 Å². The van der Waals surface area contributed by atoms with Gasteiger partial charge in [-0.15, -0.1) is 0 Å². The van der Waals surface area contributed by atoms with Gasteiger partial charge in [-0.25, -0.2) is 19.6 Å². The molecule has 5 rings (SSSR count). The lowest BCUT2D eigenvalue weighted by atomic mass is 9.97. The minimum Gasteiger partial charge on any atom is -0.495 e. The highest BCUT2D eigenvalue weighted by molar-refractivity contribution is 5.95. The van der Waals surface area contributed by atoms with Crippen LogP contribution in [0.25, 0.3) is 11.1 Å². The Hall–Kier alpha value is -5.02. The predicted octanol–water partition coefficient (Wildman–Crippen LogP) is 3.90. The fraction of sp³-hybridized carbons (Fsp3) is 0.355. The number of benzene rings is 2. The number of nitrogens with one attached hydrogen (secondary N) is 2. The van der Waals surface area contributed by atoms with Gasteiger partial charge in [0.15, 0.2) is 0 Å². The van der Waals surface area contributed by atoms with Crippen molar-refractivity contribution >= 4 is 17.5 Å². The Balaban J connectivity index is 1.23. The van der Waals surface area contributed by atoms with E-state index in [-0.39, 0.29) is 12.0 Å². The Bertz CT molecular complexity index is 1560. The van der Waals surface area contributed by atoms with E-state index in [4.69, 9.17) is 9.47 Å². The largest absolute Gasteiger partial charge is 0.495 e. The van der Waals surface area contributed by atoms with Crippen molar-refractivity contribution in [3.05, 3.63) is 72.6 Å². The molecule has 2 aromatic heterocycles. The van der Waals surface area contributed by atoms with Gasteiger partial charge in [0.2, 0.25) is 5.95 Å². The molecule has 0 bridgehead atoms. The van der Waals surface area contributed by atoms with Crippen LogP contribution in [-0.2, 0) is 6.54 Å². The van der Waals surface area contributed by atoms with Gasteiger partial charge in [0.25, 0.3) is 5.91 Å². The summed E-state index contributed by atoms with van der Waals surface area (Å²) in [7, 11) is 3.68. The first-order valence-electron chi connectivity index (χ1n) is 14.2. The fourth-order valence-corrected chi connectivity index (χ4v) is 4.94. The first kappa shape index (κ1) is 29.5. The summed E-state index contributed by atoms with van der Waals surface area (Å²) in [6.07, 6.45) is 8.41. The molecule has 3 heterocycles. The number of hydrogen-bond donors (Lipinski definition) is 2. The number of methoxy groups -OCH3 is 1. The van der Waals surface area contributed by atoms with Crippen molar-refractivity contribution in [3.8, 4) is 28.7 Å². The molecule has 43 heavy (non-hydrogen) atoms. The summed E-state index contributed by atoms with van der Waals surface area (Å²) in [6.45, 7) is 5.19. The maximum absolute atomic E-state index is 12.8. The highest BCUT2D eigenvalue weighted by Gasteiger charge is 2.18. The van der Waals surface area contributed by atoms with E-state index in [1.165, 1.54) is 6.33 Å². The zero-order valence-electron chi connectivity index (χ0n) is 24.5. The van der Waals surface area contributed by atoms with Gasteiger partial charge in [-0.2, -0.15) is 10.4 Å². The first-order chi connectivity index (χ1) is 20.9. The molecule has 2 N–H and O–H groups in total. The number of nitriles is 1. The number of likely N-dealkylation sites (tertiary alicyclic amines) is 1. The van der Waals surface area contributed by atoms with Crippen molar-refractivity contribution in [2.45, 2.75) is 32.4 Å². The van der Waals surface area contributed by atoms with Crippen molar-refractivity contribution in [1.82, 2.24) is 34.9 Å². The van der Waals surface area contributed by atoms with Crippen molar-refractivity contribution < 1.29 is 14.3 Å². The molecule has 0 radical (unpaired) electrons. The van der Waals surface area contributed by atoms with Crippen LogP contribution in [0.3, 0.4) is 0 Å². The molecule has 2 aromatic carbocycles. The Kier molecular flexibility index (Phi) is 9.43. The number of hydrogen-bond acceptors (Lipinski definition) is 10. The van der Waals surface area contributed by atoms with Gasteiger partial charge in [-0.3, -0.25) is 4.79 Å². The van der Waals surface area contributed by atoms with Crippen LogP contribution < -0.4 is 20.1 Å². The Morgan fingerprint density at radius 2 is 1.91 bits per heavy atom. The molecule has 0 spiro atoms. The second kappa shape index (κ2) is 13.8. The summed E-state index contributed by atoms with van der Waals surface area (Å²) in [5.74, 6) is 1.72. The maximum Gasteiger partial charge on any atom is 0.251 e.